The van der Waals surface area contributed by atoms with E-state index < -0.39 is 16.6 Å². The molecular weight excluding hydrogens is 298 g/mol. The van der Waals surface area contributed by atoms with Crippen LogP contribution in [0, 0.1) is 21.7 Å². The molecule has 0 aliphatic rings. The highest BCUT2D eigenvalue weighted by Crippen LogP contribution is 2.14. The zero-order valence-electron chi connectivity index (χ0n) is 11.3. The van der Waals surface area contributed by atoms with E-state index in [9.17, 15) is 23.7 Å². The third-order valence-electron chi connectivity index (χ3n) is 2.82. The first-order chi connectivity index (χ1) is 10.5. The third kappa shape index (κ3) is 4.08. The van der Waals surface area contributed by atoms with Crippen molar-refractivity contribution in [1.82, 2.24) is 9.78 Å². The van der Waals surface area contributed by atoms with E-state index >= 15 is 0 Å². The first-order valence-electron chi connectivity index (χ1n) is 6.37. The molecule has 1 heterocycles. The Bertz CT molecular complexity index is 702. The molecule has 116 valence electrons. The largest absolute Gasteiger partial charge is 0.326 e. The third-order valence-corrected chi connectivity index (χ3v) is 2.82. The zero-order chi connectivity index (χ0) is 16.1. The first kappa shape index (κ1) is 15.5. The quantitative estimate of drug-likeness (QED) is 0.655. The normalized spacial score (nSPS) is 10.5. The number of aryl methyl sites for hydroxylation is 1. The minimum absolute atomic E-state index is 0.118. The van der Waals surface area contributed by atoms with Crippen molar-refractivity contribution < 1.29 is 18.5 Å². The van der Waals surface area contributed by atoms with Crippen LogP contribution in [0.15, 0.2) is 30.6 Å². The fourth-order valence-corrected chi connectivity index (χ4v) is 1.77. The van der Waals surface area contributed by atoms with Crippen molar-refractivity contribution in [2.75, 3.05) is 5.32 Å². The van der Waals surface area contributed by atoms with Gasteiger partial charge >= 0.3 is 5.69 Å². The van der Waals surface area contributed by atoms with Crippen LogP contribution in [0.1, 0.15) is 12.8 Å². The summed E-state index contributed by atoms with van der Waals surface area (Å²) < 4.78 is 27.1. The van der Waals surface area contributed by atoms with Crippen LogP contribution in [0.3, 0.4) is 0 Å². The summed E-state index contributed by atoms with van der Waals surface area (Å²) in [5.41, 5.74) is 0.0462. The topological polar surface area (TPSA) is 90.1 Å². The molecule has 2 aromatic rings. The van der Waals surface area contributed by atoms with Crippen LogP contribution in [-0.4, -0.2) is 20.6 Å². The Morgan fingerprint density at radius 3 is 2.77 bits per heavy atom. The van der Waals surface area contributed by atoms with Crippen LogP contribution in [0.2, 0.25) is 0 Å². The molecule has 9 heteroatoms. The summed E-state index contributed by atoms with van der Waals surface area (Å²) >= 11 is 0. The van der Waals surface area contributed by atoms with Crippen LogP contribution in [0.25, 0.3) is 0 Å². The maximum atomic E-state index is 13.0. The predicted molar refractivity (Wildman–Crippen MR) is 73.1 cm³/mol. The van der Waals surface area contributed by atoms with Crippen molar-refractivity contribution in [2.24, 2.45) is 0 Å². The SMILES string of the molecule is O=C(CCCn1cc([N+](=O)[O-])cn1)Nc1ccc(F)c(F)c1. The number of aromatic nitrogens is 2. The summed E-state index contributed by atoms with van der Waals surface area (Å²) in [5, 5.41) is 16.7. The number of hydrogen-bond acceptors (Lipinski definition) is 4. The molecule has 2 rings (SSSR count). The number of carbonyl (C=O) groups excluding carboxylic acids is 1. The molecule has 7 nitrogen and oxygen atoms in total. The van der Waals surface area contributed by atoms with Crippen molar-refractivity contribution in [3.8, 4) is 0 Å². The van der Waals surface area contributed by atoms with Crippen molar-refractivity contribution in [3.63, 3.8) is 0 Å². The molecule has 0 aliphatic heterocycles. The standard InChI is InChI=1S/C13H12F2N4O3/c14-11-4-3-9(6-12(11)15)17-13(20)2-1-5-18-8-10(7-16-18)19(21)22/h3-4,6-8H,1-2,5H2,(H,17,20). The fraction of sp³-hybridized carbons (Fsp3) is 0.231. The highest BCUT2D eigenvalue weighted by atomic mass is 19.2. The molecule has 0 saturated carbocycles. The Morgan fingerprint density at radius 1 is 1.36 bits per heavy atom. The van der Waals surface area contributed by atoms with Crippen LogP contribution >= 0.6 is 0 Å². The van der Waals surface area contributed by atoms with E-state index in [0.717, 1.165) is 18.3 Å². The zero-order valence-corrected chi connectivity index (χ0v) is 11.3. The number of hydrogen-bond donors (Lipinski definition) is 1. The highest BCUT2D eigenvalue weighted by molar-refractivity contribution is 5.90. The van der Waals surface area contributed by atoms with Gasteiger partial charge in [0, 0.05) is 24.7 Å². The monoisotopic (exact) mass is 310 g/mol. The van der Waals surface area contributed by atoms with Crippen LogP contribution < -0.4 is 5.32 Å². The summed E-state index contributed by atoms with van der Waals surface area (Å²) in [6.07, 6.45) is 2.91. The van der Waals surface area contributed by atoms with E-state index in [0.29, 0.717) is 13.0 Å². The van der Waals surface area contributed by atoms with Gasteiger partial charge in [-0.05, 0) is 18.6 Å². The lowest BCUT2D eigenvalue weighted by Gasteiger charge is -2.05. The smallest absolute Gasteiger partial charge is 0.306 e. The molecule has 0 unspecified atom stereocenters. The van der Waals surface area contributed by atoms with Crippen molar-refractivity contribution in [2.45, 2.75) is 19.4 Å². The first-order valence-corrected chi connectivity index (χ1v) is 6.37. The van der Waals surface area contributed by atoms with E-state index in [2.05, 4.69) is 10.4 Å². The summed E-state index contributed by atoms with van der Waals surface area (Å²) in [7, 11) is 0. The van der Waals surface area contributed by atoms with Crippen molar-refractivity contribution in [3.05, 3.63) is 52.3 Å². The minimum Gasteiger partial charge on any atom is -0.326 e. The van der Waals surface area contributed by atoms with Gasteiger partial charge in [-0.1, -0.05) is 0 Å². The number of carbonyl (C=O) groups is 1. The second kappa shape index (κ2) is 6.74. The Hall–Kier alpha value is -2.84. The van der Waals surface area contributed by atoms with Gasteiger partial charge in [0.25, 0.3) is 0 Å². The van der Waals surface area contributed by atoms with Gasteiger partial charge in [0.2, 0.25) is 5.91 Å². The van der Waals surface area contributed by atoms with Gasteiger partial charge in [0.05, 0.1) is 4.92 Å². The van der Waals surface area contributed by atoms with Crippen LogP contribution in [0.5, 0.6) is 0 Å². The molecule has 1 amide bonds. The Balaban J connectivity index is 1.79. The summed E-state index contributed by atoms with van der Waals surface area (Å²) in [4.78, 5) is 21.6. The van der Waals surface area contributed by atoms with Crippen molar-refractivity contribution >= 4 is 17.3 Å². The lowest BCUT2D eigenvalue weighted by Crippen LogP contribution is -2.12. The van der Waals surface area contributed by atoms with Gasteiger partial charge in [-0.15, -0.1) is 0 Å². The predicted octanol–water partition coefficient (Wildman–Crippen LogP) is 2.49. The molecule has 0 saturated heterocycles. The maximum Gasteiger partial charge on any atom is 0.306 e. The maximum absolute atomic E-state index is 13.0. The van der Waals surface area contributed by atoms with Gasteiger partial charge in [-0.3, -0.25) is 19.6 Å². The van der Waals surface area contributed by atoms with Gasteiger partial charge < -0.3 is 5.32 Å². The van der Waals surface area contributed by atoms with Gasteiger partial charge in [-0.25, -0.2) is 8.78 Å². The fourth-order valence-electron chi connectivity index (χ4n) is 1.77. The molecule has 0 fully saturated rings. The van der Waals surface area contributed by atoms with E-state index in [1.807, 2.05) is 0 Å². The highest BCUT2D eigenvalue weighted by Gasteiger charge is 2.09. The molecule has 1 aromatic carbocycles. The number of nitro groups is 1. The van der Waals surface area contributed by atoms with Gasteiger partial charge in [0.1, 0.15) is 12.4 Å². The average molecular weight is 310 g/mol. The van der Waals surface area contributed by atoms with E-state index in [4.69, 9.17) is 0 Å². The second-order valence-corrected chi connectivity index (χ2v) is 4.50. The summed E-state index contributed by atoms with van der Waals surface area (Å²) in [6.45, 7) is 0.332. The molecule has 1 aromatic heterocycles. The molecule has 0 bridgehead atoms. The molecule has 1 N–H and O–H groups in total. The number of amides is 1. The second-order valence-electron chi connectivity index (χ2n) is 4.50. The Kier molecular flexibility index (Phi) is 4.77. The summed E-state index contributed by atoms with van der Waals surface area (Å²) in [5.74, 6) is -2.40. The molecule has 22 heavy (non-hydrogen) atoms. The van der Waals surface area contributed by atoms with Crippen LogP contribution in [-0.2, 0) is 11.3 Å². The number of nitrogens with one attached hydrogen (secondary N) is 1. The van der Waals surface area contributed by atoms with E-state index in [-0.39, 0.29) is 23.7 Å². The summed E-state index contributed by atoms with van der Waals surface area (Å²) in [6, 6.07) is 3.07. The number of halogens is 2. The molecule has 0 radical (unpaired) electrons. The Morgan fingerprint density at radius 2 is 2.14 bits per heavy atom. The van der Waals surface area contributed by atoms with Gasteiger partial charge in [0.15, 0.2) is 11.6 Å². The number of rotatable bonds is 6. The van der Waals surface area contributed by atoms with E-state index in [1.165, 1.54) is 16.9 Å². The lowest BCUT2D eigenvalue weighted by molar-refractivity contribution is -0.385. The number of anilines is 1. The van der Waals surface area contributed by atoms with Gasteiger partial charge in [-0.2, -0.15) is 5.10 Å². The Labute approximate surface area is 123 Å². The van der Waals surface area contributed by atoms with Crippen LogP contribution in [0.4, 0.5) is 20.2 Å². The minimum atomic E-state index is -1.04. The number of nitrogens with zero attached hydrogens (tertiary/aromatic N) is 3. The number of benzene rings is 1. The molecule has 0 atom stereocenters. The van der Waals surface area contributed by atoms with Crippen molar-refractivity contribution in [1.29, 1.82) is 0 Å². The molecule has 0 aliphatic carbocycles. The average Bonchev–Trinajstić information content (AvgIpc) is 2.92. The molecular formula is C13H12F2N4O3. The van der Waals surface area contributed by atoms with E-state index in [1.54, 1.807) is 0 Å². The lowest BCUT2D eigenvalue weighted by atomic mass is 10.2. The molecule has 0 spiro atoms.